The highest BCUT2D eigenvalue weighted by molar-refractivity contribution is 5.88. The molecule has 0 N–H and O–H groups in total. The van der Waals surface area contributed by atoms with Gasteiger partial charge < -0.3 is 4.74 Å². The number of ether oxygens (including phenoxy) is 1. The third-order valence-corrected chi connectivity index (χ3v) is 5.45. The van der Waals surface area contributed by atoms with E-state index in [2.05, 4.69) is 27.7 Å². The number of hydrogen-bond donors (Lipinski definition) is 0. The number of ketones is 1. The third kappa shape index (κ3) is 4.81. The molecule has 2 nitrogen and oxygen atoms in total. The first-order valence-electron chi connectivity index (χ1n) is 9.03. The molecular weight excluding hydrogens is 260 g/mol. The molecule has 0 aromatic heterocycles. The highest BCUT2D eigenvalue weighted by Gasteiger charge is 2.48. The molecule has 2 unspecified atom stereocenters. The first-order valence-corrected chi connectivity index (χ1v) is 9.03. The summed E-state index contributed by atoms with van der Waals surface area (Å²) in [4.78, 5) is 12.8. The molecule has 2 atom stereocenters. The molecule has 0 amide bonds. The van der Waals surface area contributed by atoms with Crippen LogP contribution in [0.25, 0.3) is 0 Å². The van der Waals surface area contributed by atoms with Gasteiger partial charge in [0.05, 0.1) is 0 Å². The van der Waals surface area contributed by atoms with Crippen molar-refractivity contribution in [2.24, 2.45) is 17.8 Å². The van der Waals surface area contributed by atoms with E-state index in [0.717, 1.165) is 25.2 Å². The molecule has 0 aliphatic heterocycles. The molecule has 0 heterocycles. The smallest absolute Gasteiger partial charge is 0.165 e. The average Bonchev–Trinajstić information content (AvgIpc) is 2.43. The van der Waals surface area contributed by atoms with Gasteiger partial charge in [-0.1, -0.05) is 59.8 Å². The molecule has 0 aromatic rings. The molecule has 1 rings (SSSR count). The van der Waals surface area contributed by atoms with Gasteiger partial charge in [-0.25, -0.2) is 0 Å². The zero-order valence-corrected chi connectivity index (χ0v) is 14.9. The lowest BCUT2D eigenvalue weighted by Crippen LogP contribution is -2.53. The number of rotatable bonds is 9. The summed E-state index contributed by atoms with van der Waals surface area (Å²) >= 11 is 0. The standard InChI is InChI=1S/C19H36O2/c1-15(2)11-8-6-7-9-14-18(20)19(21-5)16(3)12-10-13-17(19)4/h15-17H,6-14H2,1-5H3. The van der Waals surface area contributed by atoms with Crippen molar-refractivity contribution in [1.29, 1.82) is 0 Å². The van der Waals surface area contributed by atoms with E-state index in [1.807, 2.05) is 0 Å². The first-order chi connectivity index (χ1) is 9.95. The Hall–Kier alpha value is -0.370. The summed E-state index contributed by atoms with van der Waals surface area (Å²) in [5.74, 6) is 1.88. The van der Waals surface area contributed by atoms with E-state index in [4.69, 9.17) is 4.74 Å². The zero-order valence-electron chi connectivity index (χ0n) is 14.9. The van der Waals surface area contributed by atoms with Crippen LogP contribution in [0.4, 0.5) is 0 Å². The van der Waals surface area contributed by atoms with Gasteiger partial charge in [-0.3, -0.25) is 4.79 Å². The molecule has 1 aliphatic rings. The SMILES string of the molecule is COC1(C(=O)CCCCCCC(C)C)C(C)CCCC1C. The fourth-order valence-corrected chi connectivity index (χ4v) is 4.10. The van der Waals surface area contributed by atoms with Crippen LogP contribution in [0.5, 0.6) is 0 Å². The Balaban J connectivity index is 2.41. The number of unbranched alkanes of at least 4 members (excludes halogenated alkanes) is 3. The molecule has 0 saturated heterocycles. The summed E-state index contributed by atoms with van der Waals surface area (Å²) in [6.07, 6.45) is 10.3. The Bertz CT molecular complexity index is 299. The second-order valence-corrected chi connectivity index (χ2v) is 7.50. The van der Waals surface area contributed by atoms with E-state index in [0.29, 0.717) is 24.0 Å². The number of carbonyl (C=O) groups is 1. The quantitative estimate of drug-likeness (QED) is 0.533. The van der Waals surface area contributed by atoms with Crippen molar-refractivity contribution >= 4 is 5.78 Å². The van der Waals surface area contributed by atoms with E-state index in [9.17, 15) is 4.79 Å². The van der Waals surface area contributed by atoms with E-state index in [1.165, 1.54) is 32.1 Å². The number of hydrogen-bond acceptors (Lipinski definition) is 2. The summed E-state index contributed by atoms with van der Waals surface area (Å²) in [6, 6.07) is 0. The van der Waals surface area contributed by atoms with Crippen molar-refractivity contribution in [3.63, 3.8) is 0 Å². The molecule has 21 heavy (non-hydrogen) atoms. The molecule has 124 valence electrons. The van der Waals surface area contributed by atoms with Gasteiger partial charge in [0.1, 0.15) is 5.60 Å². The predicted octanol–water partition coefficient (Wildman–Crippen LogP) is 5.39. The predicted molar refractivity (Wildman–Crippen MR) is 89.5 cm³/mol. The molecule has 1 fully saturated rings. The third-order valence-electron chi connectivity index (χ3n) is 5.45. The summed E-state index contributed by atoms with van der Waals surface area (Å²) in [5.41, 5.74) is -0.504. The van der Waals surface area contributed by atoms with Crippen LogP contribution in [0.2, 0.25) is 0 Å². The van der Waals surface area contributed by atoms with E-state index in [-0.39, 0.29) is 0 Å². The molecule has 0 bridgehead atoms. The van der Waals surface area contributed by atoms with E-state index >= 15 is 0 Å². The fraction of sp³-hybridized carbons (Fsp3) is 0.947. The van der Waals surface area contributed by atoms with Crippen molar-refractivity contribution < 1.29 is 9.53 Å². The van der Waals surface area contributed by atoms with Gasteiger partial charge in [-0.2, -0.15) is 0 Å². The van der Waals surface area contributed by atoms with Gasteiger partial charge in [0.2, 0.25) is 0 Å². The maximum absolute atomic E-state index is 12.8. The number of carbonyl (C=O) groups excluding carboxylic acids is 1. The van der Waals surface area contributed by atoms with E-state index < -0.39 is 5.60 Å². The maximum Gasteiger partial charge on any atom is 0.165 e. The van der Waals surface area contributed by atoms with Crippen LogP contribution in [0.3, 0.4) is 0 Å². The van der Waals surface area contributed by atoms with Crippen molar-refractivity contribution in [3.05, 3.63) is 0 Å². The molecular formula is C19H36O2. The summed E-state index contributed by atoms with van der Waals surface area (Å²) < 4.78 is 5.83. The Morgan fingerprint density at radius 3 is 2.19 bits per heavy atom. The average molecular weight is 296 g/mol. The first kappa shape index (κ1) is 18.7. The van der Waals surface area contributed by atoms with Crippen LogP contribution in [-0.4, -0.2) is 18.5 Å². The number of Topliss-reactive ketones (excluding diaryl/α,β-unsaturated/α-hetero) is 1. The van der Waals surface area contributed by atoms with Crippen LogP contribution in [0.15, 0.2) is 0 Å². The molecule has 0 radical (unpaired) electrons. The highest BCUT2D eigenvalue weighted by Crippen LogP contribution is 2.42. The Morgan fingerprint density at radius 2 is 1.67 bits per heavy atom. The Kier molecular flexibility index (Phi) is 7.94. The summed E-state index contributed by atoms with van der Waals surface area (Å²) in [7, 11) is 1.73. The molecule has 0 aromatic carbocycles. The van der Waals surface area contributed by atoms with Gasteiger partial charge >= 0.3 is 0 Å². The second-order valence-electron chi connectivity index (χ2n) is 7.50. The Morgan fingerprint density at radius 1 is 1.10 bits per heavy atom. The van der Waals surface area contributed by atoms with Gasteiger partial charge in [0, 0.05) is 13.5 Å². The lowest BCUT2D eigenvalue weighted by Gasteiger charge is -2.45. The second kappa shape index (κ2) is 8.92. The van der Waals surface area contributed by atoms with Gasteiger partial charge in [0.25, 0.3) is 0 Å². The summed E-state index contributed by atoms with van der Waals surface area (Å²) in [5, 5.41) is 0. The zero-order chi connectivity index (χ0) is 15.9. The minimum atomic E-state index is -0.504. The van der Waals surface area contributed by atoms with E-state index in [1.54, 1.807) is 7.11 Å². The lowest BCUT2D eigenvalue weighted by atomic mass is 9.66. The Labute approximate surface area is 132 Å². The van der Waals surface area contributed by atoms with Gasteiger partial charge in [0.15, 0.2) is 5.78 Å². The lowest BCUT2D eigenvalue weighted by molar-refractivity contribution is -0.162. The summed E-state index contributed by atoms with van der Waals surface area (Å²) in [6.45, 7) is 8.94. The monoisotopic (exact) mass is 296 g/mol. The largest absolute Gasteiger partial charge is 0.370 e. The van der Waals surface area contributed by atoms with Crippen molar-refractivity contribution in [2.75, 3.05) is 7.11 Å². The minimum Gasteiger partial charge on any atom is -0.370 e. The van der Waals surface area contributed by atoms with Crippen LogP contribution in [0, 0.1) is 17.8 Å². The van der Waals surface area contributed by atoms with Gasteiger partial charge in [-0.05, 0) is 37.0 Å². The molecule has 0 spiro atoms. The van der Waals surface area contributed by atoms with Crippen LogP contribution in [-0.2, 0) is 9.53 Å². The fourth-order valence-electron chi connectivity index (χ4n) is 4.10. The van der Waals surface area contributed by atoms with Crippen molar-refractivity contribution in [2.45, 2.75) is 91.1 Å². The highest BCUT2D eigenvalue weighted by atomic mass is 16.5. The van der Waals surface area contributed by atoms with Crippen LogP contribution < -0.4 is 0 Å². The van der Waals surface area contributed by atoms with Crippen LogP contribution >= 0.6 is 0 Å². The van der Waals surface area contributed by atoms with Crippen LogP contribution in [0.1, 0.15) is 85.5 Å². The van der Waals surface area contributed by atoms with Gasteiger partial charge in [-0.15, -0.1) is 0 Å². The number of methoxy groups -OCH3 is 1. The topological polar surface area (TPSA) is 26.3 Å². The van der Waals surface area contributed by atoms with Crippen molar-refractivity contribution in [3.8, 4) is 0 Å². The van der Waals surface area contributed by atoms with Crippen molar-refractivity contribution in [1.82, 2.24) is 0 Å². The molecule has 1 aliphatic carbocycles. The maximum atomic E-state index is 12.8. The minimum absolute atomic E-state index is 0.355. The normalized spacial score (nSPS) is 29.8. The molecule has 1 saturated carbocycles. The molecule has 2 heteroatoms.